The lowest BCUT2D eigenvalue weighted by Crippen LogP contribution is -2.17. The van der Waals surface area contributed by atoms with Crippen LogP contribution in [0.3, 0.4) is 0 Å². The fraction of sp³-hybridized carbons (Fsp3) is 0.0435. The highest BCUT2D eigenvalue weighted by Crippen LogP contribution is 2.33. The van der Waals surface area contributed by atoms with Crippen LogP contribution in [0.1, 0.15) is 31.8 Å². The van der Waals surface area contributed by atoms with Crippen LogP contribution in [0.25, 0.3) is 10.2 Å². The largest absolute Gasteiger partial charge is 0.477 e. The normalized spacial score (nSPS) is 10.6. The molecule has 0 aliphatic heterocycles. The molecule has 0 aliphatic rings. The van der Waals surface area contributed by atoms with Gasteiger partial charge >= 0.3 is 5.97 Å². The number of carboxylic acids is 1. The number of carbonyl (C=O) groups is 2. The molecule has 0 spiro atoms. The zero-order valence-corrected chi connectivity index (χ0v) is 18.9. The Labute approximate surface area is 200 Å². The number of aromatic carboxylic acids is 1. The number of anilines is 1. The lowest BCUT2D eigenvalue weighted by molar-refractivity contribution is -0.385. The van der Waals surface area contributed by atoms with Gasteiger partial charge in [0.2, 0.25) is 0 Å². The summed E-state index contributed by atoms with van der Waals surface area (Å²) in [7, 11) is 0. The van der Waals surface area contributed by atoms with E-state index in [0.29, 0.717) is 17.0 Å². The van der Waals surface area contributed by atoms with E-state index in [1.165, 1.54) is 35.2 Å². The quantitative estimate of drug-likeness (QED) is 0.201. The Kier molecular flexibility index (Phi) is 6.53. The maximum absolute atomic E-state index is 12.7. The predicted octanol–water partition coefficient (Wildman–Crippen LogP) is 5.32. The van der Waals surface area contributed by atoms with Crippen molar-refractivity contribution in [3.63, 3.8) is 0 Å². The van der Waals surface area contributed by atoms with Crippen molar-refractivity contribution in [1.29, 1.82) is 5.26 Å². The van der Waals surface area contributed by atoms with E-state index in [9.17, 15) is 30.1 Å². The molecule has 34 heavy (non-hydrogen) atoms. The van der Waals surface area contributed by atoms with Crippen LogP contribution in [-0.4, -0.2) is 26.9 Å². The number of nitrogens with one attached hydrogen (secondary N) is 1. The second-order valence-corrected chi connectivity index (χ2v) is 9.19. The van der Waals surface area contributed by atoms with Crippen LogP contribution >= 0.6 is 23.1 Å². The molecule has 1 amide bonds. The summed E-state index contributed by atoms with van der Waals surface area (Å²) in [6, 6.07) is 18.1. The number of rotatable bonds is 7. The standard InChI is InChI=1S/C23H14N4O5S2/c24-11-13-4-1-2-5-14(13)12-33-23-26-17-9-8-15(10-19(17)34-23)25-21(28)16-6-3-7-18(27(31)32)20(16)22(29)30/h1-10H,12H2,(H,25,28)(H,29,30). The average molecular weight is 491 g/mol. The van der Waals surface area contributed by atoms with Crippen molar-refractivity contribution in [2.45, 2.75) is 10.1 Å². The third-order valence-corrected chi connectivity index (χ3v) is 7.02. The van der Waals surface area contributed by atoms with Crippen molar-refractivity contribution in [3.05, 3.63) is 93.0 Å². The predicted molar refractivity (Wildman–Crippen MR) is 128 cm³/mol. The molecule has 11 heteroatoms. The summed E-state index contributed by atoms with van der Waals surface area (Å²) in [6.45, 7) is 0. The molecule has 9 nitrogen and oxygen atoms in total. The molecular weight excluding hydrogens is 476 g/mol. The first-order valence-corrected chi connectivity index (χ1v) is 11.5. The van der Waals surface area contributed by atoms with Gasteiger partial charge in [0.25, 0.3) is 11.6 Å². The summed E-state index contributed by atoms with van der Waals surface area (Å²) in [5, 5.41) is 32.4. The van der Waals surface area contributed by atoms with Gasteiger partial charge in [-0.15, -0.1) is 11.3 Å². The van der Waals surface area contributed by atoms with Crippen molar-refractivity contribution >= 4 is 56.6 Å². The third-order valence-electron chi connectivity index (χ3n) is 4.81. The average Bonchev–Trinajstić information content (AvgIpc) is 3.24. The fourth-order valence-electron chi connectivity index (χ4n) is 3.24. The first-order valence-electron chi connectivity index (χ1n) is 9.71. The number of thioether (sulfide) groups is 1. The summed E-state index contributed by atoms with van der Waals surface area (Å²) in [5.74, 6) is -1.75. The molecule has 168 valence electrons. The Morgan fingerprint density at radius 1 is 1.18 bits per heavy atom. The molecular formula is C23H14N4O5S2. The van der Waals surface area contributed by atoms with Crippen molar-refractivity contribution < 1.29 is 19.6 Å². The van der Waals surface area contributed by atoms with Gasteiger partial charge in [-0.1, -0.05) is 36.0 Å². The van der Waals surface area contributed by atoms with E-state index in [4.69, 9.17) is 0 Å². The second kappa shape index (κ2) is 9.70. The molecule has 0 unspecified atom stereocenters. The van der Waals surface area contributed by atoms with Crippen LogP contribution in [0.4, 0.5) is 11.4 Å². The SMILES string of the molecule is N#Cc1ccccc1CSc1nc2ccc(NC(=O)c3cccc([N+](=O)[O-])c3C(=O)O)cc2s1. The number of nitro groups is 1. The molecule has 3 aromatic carbocycles. The molecule has 4 aromatic rings. The first-order chi connectivity index (χ1) is 16.4. The van der Waals surface area contributed by atoms with Gasteiger partial charge in [-0.25, -0.2) is 9.78 Å². The lowest BCUT2D eigenvalue weighted by Gasteiger charge is -2.08. The number of nitrogens with zero attached hydrogens (tertiary/aromatic N) is 3. The van der Waals surface area contributed by atoms with Crippen molar-refractivity contribution in [3.8, 4) is 6.07 Å². The summed E-state index contributed by atoms with van der Waals surface area (Å²) in [4.78, 5) is 39.2. The van der Waals surface area contributed by atoms with Crippen molar-refractivity contribution in [2.75, 3.05) is 5.32 Å². The van der Waals surface area contributed by atoms with Gasteiger partial charge < -0.3 is 10.4 Å². The minimum atomic E-state index is -1.56. The Balaban J connectivity index is 1.55. The summed E-state index contributed by atoms with van der Waals surface area (Å²) in [5.41, 5.74) is 1.02. The van der Waals surface area contributed by atoms with Crippen LogP contribution in [0, 0.1) is 21.4 Å². The maximum atomic E-state index is 12.7. The molecule has 0 atom stereocenters. The monoisotopic (exact) mass is 490 g/mol. The molecule has 0 fully saturated rings. The number of amides is 1. The number of aromatic nitrogens is 1. The van der Waals surface area contributed by atoms with Crippen LogP contribution in [0.5, 0.6) is 0 Å². The Morgan fingerprint density at radius 2 is 1.97 bits per heavy atom. The summed E-state index contributed by atoms with van der Waals surface area (Å²) >= 11 is 2.91. The van der Waals surface area contributed by atoms with E-state index >= 15 is 0 Å². The number of carboxylic acid groups (broad SMARTS) is 1. The number of nitriles is 1. The lowest BCUT2D eigenvalue weighted by atomic mass is 10.0. The number of hydrogen-bond acceptors (Lipinski definition) is 8. The highest BCUT2D eigenvalue weighted by Gasteiger charge is 2.27. The smallest absolute Gasteiger partial charge is 0.343 e. The number of hydrogen-bond donors (Lipinski definition) is 2. The van der Waals surface area contributed by atoms with Gasteiger partial charge in [0.1, 0.15) is 5.56 Å². The highest BCUT2D eigenvalue weighted by atomic mass is 32.2. The number of fused-ring (bicyclic) bond motifs is 1. The number of thiazole rings is 1. The Hall–Kier alpha value is -4.27. The minimum absolute atomic E-state index is 0.307. The zero-order chi connectivity index (χ0) is 24.2. The zero-order valence-electron chi connectivity index (χ0n) is 17.2. The van der Waals surface area contributed by atoms with Crippen LogP contribution in [0.2, 0.25) is 0 Å². The molecule has 0 aliphatic carbocycles. The minimum Gasteiger partial charge on any atom is -0.477 e. The van der Waals surface area contributed by atoms with Crippen molar-refractivity contribution in [1.82, 2.24) is 4.98 Å². The van der Waals surface area contributed by atoms with E-state index in [1.54, 1.807) is 24.3 Å². The van der Waals surface area contributed by atoms with E-state index in [-0.39, 0.29) is 5.56 Å². The molecule has 0 bridgehead atoms. The first kappa shape index (κ1) is 22.9. The molecule has 0 radical (unpaired) electrons. The topological polar surface area (TPSA) is 146 Å². The van der Waals surface area contributed by atoms with E-state index < -0.39 is 28.1 Å². The molecule has 4 rings (SSSR count). The van der Waals surface area contributed by atoms with Gasteiger partial charge in [-0.3, -0.25) is 14.9 Å². The van der Waals surface area contributed by atoms with Crippen LogP contribution in [-0.2, 0) is 5.75 Å². The molecule has 0 saturated carbocycles. The third kappa shape index (κ3) is 4.73. The maximum Gasteiger partial charge on any atom is 0.343 e. The van der Waals surface area contributed by atoms with Gasteiger partial charge in [-0.2, -0.15) is 5.26 Å². The molecule has 0 saturated heterocycles. The van der Waals surface area contributed by atoms with Gasteiger partial charge in [0.05, 0.1) is 32.3 Å². The van der Waals surface area contributed by atoms with Gasteiger partial charge in [0, 0.05) is 17.5 Å². The molecule has 1 aromatic heterocycles. The number of carbonyl (C=O) groups excluding carboxylic acids is 1. The summed E-state index contributed by atoms with van der Waals surface area (Å²) < 4.78 is 1.59. The molecule has 2 N–H and O–H groups in total. The van der Waals surface area contributed by atoms with Gasteiger partial charge in [0.15, 0.2) is 4.34 Å². The molecule has 1 heterocycles. The van der Waals surface area contributed by atoms with Crippen LogP contribution in [0.15, 0.2) is 65.0 Å². The van der Waals surface area contributed by atoms with Gasteiger partial charge in [-0.05, 0) is 35.9 Å². The highest BCUT2D eigenvalue weighted by molar-refractivity contribution is 8.00. The number of nitro benzene ring substituents is 1. The van der Waals surface area contributed by atoms with E-state index in [0.717, 1.165) is 26.2 Å². The Bertz CT molecular complexity index is 1490. The summed E-state index contributed by atoms with van der Waals surface area (Å²) in [6.07, 6.45) is 0. The van der Waals surface area contributed by atoms with E-state index in [2.05, 4.69) is 16.4 Å². The number of benzene rings is 3. The van der Waals surface area contributed by atoms with Crippen molar-refractivity contribution in [2.24, 2.45) is 0 Å². The second-order valence-electron chi connectivity index (χ2n) is 6.94. The van der Waals surface area contributed by atoms with Crippen LogP contribution < -0.4 is 5.32 Å². The Morgan fingerprint density at radius 3 is 2.71 bits per heavy atom. The fourth-order valence-corrected chi connectivity index (χ4v) is 5.35. The van der Waals surface area contributed by atoms with E-state index in [1.807, 2.05) is 18.2 Å².